The van der Waals surface area contributed by atoms with Crippen molar-refractivity contribution in [1.82, 2.24) is 0 Å². The summed E-state index contributed by atoms with van der Waals surface area (Å²) < 4.78 is 5.30. The van der Waals surface area contributed by atoms with Crippen molar-refractivity contribution in [2.75, 3.05) is 30.0 Å². The SMILES string of the molecule is Cc1cc(N)ccc1NC(=O)CSC1CCOCC1. The molecular weight excluding hydrogens is 260 g/mol. The maximum Gasteiger partial charge on any atom is 0.234 e. The molecule has 0 atom stereocenters. The summed E-state index contributed by atoms with van der Waals surface area (Å²) in [7, 11) is 0. The molecule has 5 heteroatoms. The highest BCUT2D eigenvalue weighted by atomic mass is 32.2. The number of nitrogens with one attached hydrogen (secondary N) is 1. The third-order valence-electron chi connectivity index (χ3n) is 3.14. The van der Waals surface area contributed by atoms with E-state index in [2.05, 4.69) is 5.32 Å². The minimum absolute atomic E-state index is 0.0457. The van der Waals surface area contributed by atoms with Crippen molar-refractivity contribution >= 4 is 29.0 Å². The Kier molecular flexibility index (Phi) is 5.10. The van der Waals surface area contributed by atoms with Gasteiger partial charge in [0, 0.05) is 29.8 Å². The summed E-state index contributed by atoms with van der Waals surface area (Å²) in [4.78, 5) is 11.9. The molecule has 1 aromatic rings. The van der Waals surface area contributed by atoms with Gasteiger partial charge in [-0.2, -0.15) is 0 Å². The molecule has 4 nitrogen and oxygen atoms in total. The Labute approximate surface area is 118 Å². The fourth-order valence-electron chi connectivity index (χ4n) is 2.05. The lowest BCUT2D eigenvalue weighted by Gasteiger charge is -2.21. The van der Waals surface area contributed by atoms with E-state index < -0.39 is 0 Å². The van der Waals surface area contributed by atoms with Crippen molar-refractivity contribution in [2.24, 2.45) is 0 Å². The second-order valence-electron chi connectivity index (χ2n) is 4.75. The molecule has 0 bridgehead atoms. The normalized spacial score (nSPS) is 16.3. The van der Waals surface area contributed by atoms with E-state index in [4.69, 9.17) is 10.5 Å². The third-order valence-corrected chi connectivity index (χ3v) is 4.51. The summed E-state index contributed by atoms with van der Waals surface area (Å²) in [5, 5.41) is 3.48. The third kappa shape index (κ3) is 4.44. The van der Waals surface area contributed by atoms with Crippen LogP contribution in [0.4, 0.5) is 11.4 Å². The van der Waals surface area contributed by atoms with Crippen molar-refractivity contribution in [2.45, 2.75) is 25.0 Å². The van der Waals surface area contributed by atoms with Crippen LogP contribution in [0.15, 0.2) is 18.2 Å². The summed E-state index contributed by atoms with van der Waals surface area (Å²) in [6.07, 6.45) is 2.08. The van der Waals surface area contributed by atoms with Crippen LogP contribution in [0.5, 0.6) is 0 Å². The summed E-state index contributed by atoms with van der Waals surface area (Å²) >= 11 is 1.72. The van der Waals surface area contributed by atoms with Crippen molar-refractivity contribution < 1.29 is 9.53 Å². The summed E-state index contributed by atoms with van der Waals surface area (Å²) in [6.45, 7) is 3.57. The fourth-order valence-corrected chi connectivity index (χ4v) is 3.03. The maximum atomic E-state index is 11.9. The van der Waals surface area contributed by atoms with Crippen LogP contribution in [0.1, 0.15) is 18.4 Å². The van der Waals surface area contributed by atoms with Crippen LogP contribution >= 0.6 is 11.8 Å². The number of aryl methyl sites for hydroxylation is 1. The van der Waals surface area contributed by atoms with E-state index in [1.165, 1.54) is 0 Å². The number of carbonyl (C=O) groups is 1. The van der Waals surface area contributed by atoms with E-state index in [0.717, 1.165) is 37.3 Å². The number of benzene rings is 1. The monoisotopic (exact) mass is 280 g/mol. The predicted octanol–water partition coefficient (Wildman–Crippen LogP) is 2.43. The number of hydrogen-bond donors (Lipinski definition) is 2. The quantitative estimate of drug-likeness (QED) is 0.831. The highest BCUT2D eigenvalue weighted by molar-refractivity contribution is 8.00. The van der Waals surface area contributed by atoms with Gasteiger partial charge in [0.15, 0.2) is 0 Å². The maximum absolute atomic E-state index is 11.9. The molecule has 3 N–H and O–H groups in total. The van der Waals surface area contributed by atoms with Crippen molar-refractivity contribution in [3.63, 3.8) is 0 Å². The topological polar surface area (TPSA) is 64.3 Å². The van der Waals surface area contributed by atoms with Crippen LogP contribution in [-0.4, -0.2) is 30.1 Å². The first kappa shape index (κ1) is 14.2. The predicted molar refractivity (Wildman–Crippen MR) is 80.5 cm³/mol. The van der Waals surface area contributed by atoms with Gasteiger partial charge in [-0.15, -0.1) is 11.8 Å². The van der Waals surface area contributed by atoms with E-state index in [1.807, 2.05) is 19.1 Å². The Hall–Kier alpha value is -1.20. The van der Waals surface area contributed by atoms with Crippen LogP contribution in [0.2, 0.25) is 0 Å². The van der Waals surface area contributed by atoms with Crippen LogP contribution < -0.4 is 11.1 Å². The summed E-state index contributed by atoms with van der Waals surface area (Å²) in [5.41, 5.74) is 8.23. The van der Waals surface area contributed by atoms with Gasteiger partial charge in [-0.25, -0.2) is 0 Å². The Morgan fingerprint density at radius 1 is 1.47 bits per heavy atom. The molecule has 2 rings (SSSR count). The minimum atomic E-state index is 0.0457. The Balaban J connectivity index is 1.80. The number of carbonyl (C=O) groups excluding carboxylic acids is 1. The van der Waals surface area contributed by atoms with Gasteiger partial charge in [0.05, 0.1) is 5.75 Å². The zero-order valence-corrected chi connectivity index (χ0v) is 12.0. The number of anilines is 2. The lowest BCUT2D eigenvalue weighted by molar-refractivity contribution is -0.113. The molecule has 1 aliphatic rings. The van der Waals surface area contributed by atoms with Crippen LogP contribution in [-0.2, 0) is 9.53 Å². The zero-order valence-electron chi connectivity index (χ0n) is 11.1. The number of ether oxygens (including phenoxy) is 1. The number of rotatable bonds is 4. The number of nitrogens with two attached hydrogens (primary N) is 1. The number of hydrogen-bond acceptors (Lipinski definition) is 4. The van der Waals surface area contributed by atoms with E-state index in [9.17, 15) is 4.79 Å². The molecule has 1 aliphatic heterocycles. The second kappa shape index (κ2) is 6.82. The molecule has 104 valence electrons. The first-order chi connectivity index (χ1) is 9.15. The summed E-state index contributed by atoms with van der Waals surface area (Å²) in [5.74, 6) is 0.540. The minimum Gasteiger partial charge on any atom is -0.399 e. The van der Waals surface area contributed by atoms with E-state index in [-0.39, 0.29) is 5.91 Å². The van der Waals surface area contributed by atoms with Crippen LogP contribution in [0.25, 0.3) is 0 Å². The highest BCUT2D eigenvalue weighted by Crippen LogP contribution is 2.23. The van der Waals surface area contributed by atoms with Crippen molar-refractivity contribution in [1.29, 1.82) is 0 Å². The molecule has 0 spiro atoms. The summed E-state index contributed by atoms with van der Waals surface area (Å²) in [6, 6.07) is 5.51. The molecule has 0 aliphatic carbocycles. The molecule has 1 saturated heterocycles. The Bertz CT molecular complexity index is 445. The zero-order chi connectivity index (χ0) is 13.7. The van der Waals surface area contributed by atoms with Gasteiger partial charge < -0.3 is 15.8 Å². The average molecular weight is 280 g/mol. The van der Waals surface area contributed by atoms with Gasteiger partial charge in [-0.3, -0.25) is 4.79 Å². The molecular formula is C14H20N2O2S. The van der Waals surface area contributed by atoms with Gasteiger partial charge in [-0.05, 0) is 43.5 Å². The van der Waals surface area contributed by atoms with Gasteiger partial charge in [0.2, 0.25) is 5.91 Å². The molecule has 0 unspecified atom stereocenters. The van der Waals surface area contributed by atoms with Gasteiger partial charge in [0.1, 0.15) is 0 Å². The molecule has 1 heterocycles. The standard InChI is InChI=1S/C14H20N2O2S/c1-10-8-11(15)2-3-13(10)16-14(17)9-19-12-4-6-18-7-5-12/h2-3,8,12H,4-7,9,15H2,1H3,(H,16,17). The lowest BCUT2D eigenvalue weighted by Crippen LogP contribution is -2.21. The Morgan fingerprint density at radius 3 is 2.89 bits per heavy atom. The number of thioether (sulfide) groups is 1. The van der Waals surface area contributed by atoms with Crippen molar-refractivity contribution in [3.05, 3.63) is 23.8 Å². The number of nitrogen functional groups attached to an aromatic ring is 1. The van der Waals surface area contributed by atoms with Gasteiger partial charge in [-0.1, -0.05) is 0 Å². The smallest absolute Gasteiger partial charge is 0.234 e. The fraction of sp³-hybridized carbons (Fsp3) is 0.500. The largest absolute Gasteiger partial charge is 0.399 e. The second-order valence-corrected chi connectivity index (χ2v) is 6.03. The first-order valence-corrected chi connectivity index (χ1v) is 7.55. The molecule has 1 amide bonds. The lowest BCUT2D eigenvalue weighted by atomic mass is 10.2. The molecule has 0 saturated carbocycles. The number of amides is 1. The van der Waals surface area contributed by atoms with Crippen molar-refractivity contribution in [3.8, 4) is 0 Å². The highest BCUT2D eigenvalue weighted by Gasteiger charge is 2.15. The van der Waals surface area contributed by atoms with E-state index in [1.54, 1.807) is 17.8 Å². The first-order valence-electron chi connectivity index (χ1n) is 6.50. The molecule has 1 fully saturated rings. The van der Waals surface area contributed by atoms with E-state index in [0.29, 0.717) is 16.7 Å². The van der Waals surface area contributed by atoms with E-state index >= 15 is 0 Å². The molecule has 0 aromatic heterocycles. The molecule has 0 radical (unpaired) electrons. The van der Waals surface area contributed by atoms with Gasteiger partial charge in [0.25, 0.3) is 0 Å². The molecule has 19 heavy (non-hydrogen) atoms. The van der Waals surface area contributed by atoms with Crippen LogP contribution in [0, 0.1) is 6.92 Å². The van der Waals surface area contributed by atoms with Crippen LogP contribution in [0.3, 0.4) is 0 Å². The average Bonchev–Trinajstić information content (AvgIpc) is 2.41. The van der Waals surface area contributed by atoms with Gasteiger partial charge >= 0.3 is 0 Å². The Morgan fingerprint density at radius 2 is 2.21 bits per heavy atom. The molecule has 1 aromatic carbocycles.